The van der Waals surface area contributed by atoms with Crippen molar-refractivity contribution in [2.75, 3.05) is 19.8 Å². The molecule has 2 unspecified atom stereocenters. The molecular weight excluding hydrogens is 372 g/mol. The maximum atomic E-state index is 12.9. The molecule has 0 aliphatic carbocycles. The van der Waals surface area contributed by atoms with E-state index >= 15 is 0 Å². The van der Waals surface area contributed by atoms with E-state index in [-0.39, 0.29) is 24.7 Å². The molecular formula is C18H24N2O6S. The quantitative estimate of drug-likeness (QED) is 0.476. The fourth-order valence-electron chi connectivity index (χ4n) is 2.89. The van der Waals surface area contributed by atoms with E-state index in [2.05, 4.69) is 11.9 Å². The maximum Gasteiger partial charge on any atom is 0.328 e. The molecule has 2 N–H and O–H groups in total. The average molecular weight is 396 g/mol. The Morgan fingerprint density at radius 1 is 1.33 bits per heavy atom. The second-order valence-electron chi connectivity index (χ2n) is 6.17. The zero-order valence-electron chi connectivity index (χ0n) is 14.9. The fraction of sp³-hybridized carbons (Fsp3) is 0.444. The van der Waals surface area contributed by atoms with E-state index in [4.69, 9.17) is 4.74 Å². The standard InChI is InChI=1S/C18H24N2O6S/c1-2-12-26-13-15(18(22)23)19-17(21)16-10-6-7-11-20(16)27(24,25)14-8-4-3-5-9-14/h2-5,8-9,15-16H,1,6-7,10-13H2,(H,19,21)(H,22,23). The molecule has 0 saturated carbocycles. The van der Waals surface area contributed by atoms with Gasteiger partial charge in [0, 0.05) is 6.54 Å². The molecule has 0 spiro atoms. The number of carboxylic acid groups (broad SMARTS) is 1. The van der Waals surface area contributed by atoms with Crippen LogP contribution in [0.25, 0.3) is 0 Å². The summed E-state index contributed by atoms with van der Waals surface area (Å²) in [6, 6.07) is 5.67. The largest absolute Gasteiger partial charge is 0.480 e. The van der Waals surface area contributed by atoms with Crippen LogP contribution in [0.2, 0.25) is 0 Å². The van der Waals surface area contributed by atoms with Gasteiger partial charge in [-0.2, -0.15) is 4.31 Å². The Balaban J connectivity index is 2.17. The van der Waals surface area contributed by atoms with Crippen molar-refractivity contribution < 1.29 is 27.9 Å². The van der Waals surface area contributed by atoms with Crippen LogP contribution in [0, 0.1) is 0 Å². The third-order valence-electron chi connectivity index (χ3n) is 4.24. The summed E-state index contributed by atoms with van der Waals surface area (Å²) >= 11 is 0. The predicted octanol–water partition coefficient (Wildman–Crippen LogP) is 1.00. The van der Waals surface area contributed by atoms with Gasteiger partial charge in [-0.25, -0.2) is 13.2 Å². The first-order valence-electron chi connectivity index (χ1n) is 8.66. The highest BCUT2D eigenvalue weighted by Gasteiger charge is 2.38. The monoisotopic (exact) mass is 396 g/mol. The molecule has 2 atom stereocenters. The number of carbonyl (C=O) groups is 2. The smallest absolute Gasteiger partial charge is 0.328 e. The van der Waals surface area contributed by atoms with Crippen LogP contribution < -0.4 is 5.32 Å². The van der Waals surface area contributed by atoms with Crippen molar-refractivity contribution in [2.45, 2.75) is 36.2 Å². The van der Waals surface area contributed by atoms with E-state index in [1.54, 1.807) is 18.2 Å². The van der Waals surface area contributed by atoms with Gasteiger partial charge in [0.2, 0.25) is 15.9 Å². The van der Waals surface area contributed by atoms with Crippen molar-refractivity contribution in [3.63, 3.8) is 0 Å². The van der Waals surface area contributed by atoms with E-state index in [9.17, 15) is 23.1 Å². The van der Waals surface area contributed by atoms with Crippen molar-refractivity contribution in [1.29, 1.82) is 0 Å². The lowest BCUT2D eigenvalue weighted by atomic mass is 10.0. The van der Waals surface area contributed by atoms with Crippen LogP contribution in [0.1, 0.15) is 19.3 Å². The molecule has 1 aliphatic heterocycles. The summed E-state index contributed by atoms with van der Waals surface area (Å²) in [5, 5.41) is 11.7. The predicted molar refractivity (Wildman–Crippen MR) is 98.6 cm³/mol. The minimum Gasteiger partial charge on any atom is -0.480 e. The molecule has 1 aliphatic rings. The first-order chi connectivity index (χ1) is 12.9. The highest BCUT2D eigenvalue weighted by Crippen LogP contribution is 2.25. The van der Waals surface area contributed by atoms with Crippen molar-refractivity contribution >= 4 is 21.9 Å². The van der Waals surface area contributed by atoms with Crippen LogP contribution in [-0.4, -0.2) is 61.5 Å². The Morgan fingerprint density at radius 3 is 2.67 bits per heavy atom. The normalized spacial score (nSPS) is 19.2. The third kappa shape index (κ3) is 5.38. The van der Waals surface area contributed by atoms with E-state index in [0.29, 0.717) is 19.3 Å². The first kappa shape index (κ1) is 21.1. The number of aliphatic carboxylic acids is 1. The number of rotatable bonds is 9. The van der Waals surface area contributed by atoms with Gasteiger partial charge < -0.3 is 15.2 Å². The third-order valence-corrected chi connectivity index (χ3v) is 6.16. The molecule has 9 heteroatoms. The van der Waals surface area contributed by atoms with Crippen molar-refractivity contribution in [2.24, 2.45) is 0 Å². The summed E-state index contributed by atoms with van der Waals surface area (Å²) < 4.78 is 32.1. The fourth-order valence-corrected chi connectivity index (χ4v) is 4.57. The number of carboxylic acids is 1. The number of hydrogen-bond acceptors (Lipinski definition) is 5. The SMILES string of the molecule is C=CCOCC(NC(=O)C1CCCCN1S(=O)(=O)c1ccccc1)C(=O)O. The second-order valence-corrected chi connectivity index (χ2v) is 8.06. The van der Waals surface area contributed by atoms with Gasteiger partial charge in [0.15, 0.2) is 6.04 Å². The number of ether oxygens (including phenoxy) is 1. The van der Waals surface area contributed by atoms with Gasteiger partial charge in [-0.15, -0.1) is 6.58 Å². The van der Waals surface area contributed by atoms with Crippen LogP contribution >= 0.6 is 0 Å². The Labute approximate surface area is 158 Å². The van der Waals surface area contributed by atoms with Gasteiger partial charge in [-0.3, -0.25) is 4.79 Å². The Morgan fingerprint density at radius 2 is 2.04 bits per heavy atom. The number of benzene rings is 1. The summed E-state index contributed by atoms with van der Waals surface area (Å²) in [6.45, 7) is 3.60. The lowest BCUT2D eigenvalue weighted by Gasteiger charge is -2.34. The Kier molecular flexibility index (Phi) is 7.52. The molecule has 1 heterocycles. The molecule has 8 nitrogen and oxygen atoms in total. The molecule has 148 valence electrons. The zero-order valence-corrected chi connectivity index (χ0v) is 15.7. The molecule has 27 heavy (non-hydrogen) atoms. The van der Waals surface area contributed by atoms with Crippen molar-refractivity contribution in [3.05, 3.63) is 43.0 Å². The van der Waals surface area contributed by atoms with Crippen LogP contribution in [-0.2, 0) is 24.3 Å². The Hall–Kier alpha value is -2.23. The lowest BCUT2D eigenvalue weighted by Crippen LogP contribution is -2.55. The topological polar surface area (TPSA) is 113 Å². The van der Waals surface area contributed by atoms with Gasteiger partial charge in [-0.1, -0.05) is 30.7 Å². The summed E-state index contributed by atoms with van der Waals surface area (Å²) in [4.78, 5) is 24.1. The molecule has 1 saturated heterocycles. The molecule has 1 fully saturated rings. The van der Waals surface area contributed by atoms with Gasteiger partial charge in [0.05, 0.1) is 18.1 Å². The molecule has 0 aromatic heterocycles. The molecule has 0 radical (unpaired) electrons. The number of hydrogen-bond donors (Lipinski definition) is 2. The highest BCUT2D eigenvalue weighted by atomic mass is 32.2. The first-order valence-corrected chi connectivity index (χ1v) is 10.1. The molecule has 1 aromatic rings. The van der Waals surface area contributed by atoms with Crippen LogP contribution in [0.3, 0.4) is 0 Å². The van der Waals surface area contributed by atoms with Crippen LogP contribution in [0.15, 0.2) is 47.9 Å². The zero-order chi connectivity index (χ0) is 19.9. The number of carbonyl (C=O) groups excluding carboxylic acids is 1. The van der Waals surface area contributed by atoms with Gasteiger partial charge in [0.1, 0.15) is 6.04 Å². The van der Waals surface area contributed by atoms with Gasteiger partial charge in [-0.05, 0) is 25.0 Å². The molecule has 0 bridgehead atoms. The van der Waals surface area contributed by atoms with Gasteiger partial charge >= 0.3 is 5.97 Å². The summed E-state index contributed by atoms with van der Waals surface area (Å²) in [7, 11) is -3.85. The van der Waals surface area contributed by atoms with Crippen LogP contribution in [0.5, 0.6) is 0 Å². The van der Waals surface area contributed by atoms with Crippen molar-refractivity contribution in [3.8, 4) is 0 Å². The minimum absolute atomic E-state index is 0.105. The molecule has 2 rings (SSSR count). The number of piperidine rings is 1. The van der Waals surface area contributed by atoms with E-state index in [1.165, 1.54) is 18.2 Å². The summed E-state index contributed by atoms with van der Waals surface area (Å²) in [5.41, 5.74) is 0. The number of sulfonamides is 1. The summed E-state index contributed by atoms with van der Waals surface area (Å²) in [6.07, 6.45) is 3.12. The number of nitrogens with one attached hydrogen (secondary N) is 1. The van der Waals surface area contributed by atoms with Gasteiger partial charge in [0.25, 0.3) is 0 Å². The van der Waals surface area contributed by atoms with Crippen molar-refractivity contribution in [1.82, 2.24) is 9.62 Å². The van der Waals surface area contributed by atoms with E-state index in [0.717, 1.165) is 4.31 Å². The second kappa shape index (κ2) is 9.63. The van der Waals surface area contributed by atoms with E-state index in [1.807, 2.05) is 0 Å². The maximum absolute atomic E-state index is 12.9. The number of amides is 1. The Bertz CT molecular complexity index is 765. The summed E-state index contributed by atoms with van der Waals surface area (Å²) in [5.74, 6) is -1.88. The number of nitrogens with zero attached hydrogens (tertiary/aromatic N) is 1. The molecule has 1 amide bonds. The minimum atomic E-state index is -3.85. The highest BCUT2D eigenvalue weighted by molar-refractivity contribution is 7.89. The molecule has 1 aromatic carbocycles. The van der Waals surface area contributed by atoms with Crippen LogP contribution in [0.4, 0.5) is 0 Å². The average Bonchev–Trinajstić information content (AvgIpc) is 2.67. The lowest BCUT2D eigenvalue weighted by molar-refractivity contribution is -0.144. The van der Waals surface area contributed by atoms with E-state index < -0.39 is 34.0 Å².